The molecule has 0 amide bonds. The van der Waals surface area contributed by atoms with Crippen LogP contribution >= 0.6 is 0 Å². The SMILES string of the molecule is O=C1CC(=O)c2cc(-c3ccccc3)ccc21. The number of rotatable bonds is 1. The lowest BCUT2D eigenvalue weighted by atomic mass is 10.0. The fraction of sp³-hybridized carbons (Fsp3) is 0.0667. The van der Waals surface area contributed by atoms with Crippen LogP contribution in [0.25, 0.3) is 11.1 Å². The van der Waals surface area contributed by atoms with Crippen LogP contribution in [0.3, 0.4) is 0 Å². The fourth-order valence-electron chi connectivity index (χ4n) is 2.16. The standard InChI is InChI=1S/C15H10O2/c16-14-9-15(17)13-8-11(6-7-12(13)14)10-4-2-1-3-5-10/h1-8H,9H2. The summed E-state index contributed by atoms with van der Waals surface area (Å²) < 4.78 is 0. The summed E-state index contributed by atoms with van der Waals surface area (Å²) in [7, 11) is 0. The van der Waals surface area contributed by atoms with Gasteiger partial charge in [-0.1, -0.05) is 42.5 Å². The smallest absolute Gasteiger partial charge is 0.171 e. The third-order valence-electron chi connectivity index (χ3n) is 3.05. The van der Waals surface area contributed by atoms with Crippen LogP contribution in [0, 0.1) is 0 Å². The maximum Gasteiger partial charge on any atom is 0.171 e. The molecule has 17 heavy (non-hydrogen) atoms. The van der Waals surface area contributed by atoms with Crippen LogP contribution in [0.5, 0.6) is 0 Å². The maximum atomic E-state index is 11.6. The van der Waals surface area contributed by atoms with Crippen LogP contribution in [0.4, 0.5) is 0 Å². The Hall–Kier alpha value is -2.22. The zero-order valence-electron chi connectivity index (χ0n) is 9.14. The van der Waals surface area contributed by atoms with E-state index in [0.717, 1.165) is 11.1 Å². The van der Waals surface area contributed by atoms with E-state index in [0.29, 0.717) is 11.1 Å². The molecular formula is C15H10O2. The van der Waals surface area contributed by atoms with E-state index in [2.05, 4.69) is 0 Å². The first kappa shape index (κ1) is 9.97. The summed E-state index contributed by atoms with van der Waals surface area (Å²) in [5.74, 6) is -0.132. The van der Waals surface area contributed by atoms with Gasteiger partial charge in [0.2, 0.25) is 0 Å². The van der Waals surface area contributed by atoms with Crippen molar-refractivity contribution >= 4 is 11.6 Å². The van der Waals surface area contributed by atoms with Gasteiger partial charge in [-0.2, -0.15) is 0 Å². The molecule has 2 aromatic rings. The van der Waals surface area contributed by atoms with Crippen LogP contribution < -0.4 is 0 Å². The minimum absolute atomic E-state index is 0.0214. The molecule has 2 heteroatoms. The van der Waals surface area contributed by atoms with Gasteiger partial charge in [0.25, 0.3) is 0 Å². The number of Topliss-reactive ketones (excluding diaryl/α,β-unsaturated/α-hetero) is 2. The summed E-state index contributed by atoms with van der Waals surface area (Å²) in [6.07, 6.45) is 0.0214. The maximum absolute atomic E-state index is 11.6. The predicted molar refractivity (Wildman–Crippen MR) is 65.2 cm³/mol. The molecule has 82 valence electrons. The predicted octanol–water partition coefficient (Wildman–Crippen LogP) is 3.12. The number of ketones is 2. The van der Waals surface area contributed by atoms with Crippen LogP contribution in [0.15, 0.2) is 48.5 Å². The van der Waals surface area contributed by atoms with Crippen molar-refractivity contribution in [1.29, 1.82) is 0 Å². The molecule has 2 aromatic carbocycles. The van der Waals surface area contributed by atoms with Crippen LogP contribution in [0.2, 0.25) is 0 Å². The summed E-state index contributed by atoms with van der Waals surface area (Å²) in [6, 6.07) is 15.3. The highest BCUT2D eigenvalue weighted by Gasteiger charge is 2.27. The molecule has 0 N–H and O–H groups in total. The highest BCUT2D eigenvalue weighted by molar-refractivity contribution is 6.24. The van der Waals surface area contributed by atoms with Gasteiger partial charge < -0.3 is 0 Å². The van der Waals surface area contributed by atoms with Crippen molar-refractivity contribution in [3.63, 3.8) is 0 Å². The Bertz CT molecular complexity index is 612. The van der Waals surface area contributed by atoms with E-state index in [9.17, 15) is 9.59 Å². The Kier molecular flexibility index (Phi) is 2.15. The van der Waals surface area contributed by atoms with Crippen molar-refractivity contribution < 1.29 is 9.59 Å². The minimum atomic E-state index is -0.0669. The van der Waals surface area contributed by atoms with E-state index in [1.807, 2.05) is 42.5 Å². The van der Waals surface area contributed by atoms with Crippen molar-refractivity contribution in [3.05, 3.63) is 59.7 Å². The van der Waals surface area contributed by atoms with Crippen molar-refractivity contribution in [3.8, 4) is 11.1 Å². The van der Waals surface area contributed by atoms with E-state index < -0.39 is 0 Å². The van der Waals surface area contributed by atoms with Crippen molar-refractivity contribution in [1.82, 2.24) is 0 Å². The third-order valence-corrected chi connectivity index (χ3v) is 3.05. The number of carbonyl (C=O) groups is 2. The quantitative estimate of drug-likeness (QED) is 0.695. The molecule has 0 aliphatic heterocycles. The average molecular weight is 222 g/mol. The molecule has 0 radical (unpaired) electrons. The first-order chi connectivity index (χ1) is 8.25. The molecule has 0 spiro atoms. The second-order valence-electron chi connectivity index (χ2n) is 4.15. The highest BCUT2D eigenvalue weighted by atomic mass is 16.2. The second kappa shape index (κ2) is 3.67. The minimum Gasteiger partial charge on any atom is -0.294 e. The first-order valence-electron chi connectivity index (χ1n) is 5.51. The monoisotopic (exact) mass is 222 g/mol. The van der Waals surface area contributed by atoms with Gasteiger partial charge in [0, 0.05) is 11.1 Å². The van der Waals surface area contributed by atoms with Crippen LogP contribution in [-0.2, 0) is 0 Å². The number of hydrogen-bond donors (Lipinski definition) is 0. The average Bonchev–Trinajstić information content (AvgIpc) is 2.66. The normalized spacial score (nSPS) is 13.9. The largest absolute Gasteiger partial charge is 0.294 e. The van der Waals surface area contributed by atoms with Gasteiger partial charge >= 0.3 is 0 Å². The molecule has 1 aliphatic rings. The lowest BCUT2D eigenvalue weighted by Crippen LogP contribution is -1.91. The zero-order valence-corrected chi connectivity index (χ0v) is 9.14. The molecule has 1 aliphatic carbocycles. The van der Waals surface area contributed by atoms with Gasteiger partial charge in [0.15, 0.2) is 11.6 Å². The van der Waals surface area contributed by atoms with E-state index in [1.165, 1.54) is 0 Å². The number of fused-ring (bicyclic) bond motifs is 1. The Labute approximate surface area is 98.9 Å². The molecule has 0 unspecified atom stereocenters. The molecule has 0 saturated heterocycles. The Morgan fingerprint density at radius 1 is 0.706 bits per heavy atom. The van der Waals surface area contributed by atoms with Gasteiger partial charge in [-0.05, 0) is 17.2 Å². The van der Waals surface area contributed by atoms with Crippen molar-refractivity contribution in [2.45, 2.75) is 6.42 Å². The summed E-state index contributed by atoms with van der Waals surface area (Å²) in [6.45, 7) is 0. The lowest BCUT2D eigenvalue weighted by molar-refractivity contribution is 0.0923. The summed E-state index contributed by atoms with van der Waals surface area (Å²) in [5, 5.41) is 0. The van der Waals surface area contributed by atoms with E-state index >= 15 is 0 Å². The molecule has 0 aromatic heterocycles. The number of carbonyl (C=O) groups excluding carboxylic acids is 2. The van der Waals surface area contributed by atoms with E-state index in [-0.39, 0.29) is 18.0 Å². The second-order valence-corrected chi connectivity index (χ2v) is 4.15. The molecule has 0 atom stereocenters. The first-order valence-corrected chi connectivity index (χ1v) is 5.51. The Morgan fingerprint density at radius 2 is 1.41 bits per heavy atom. The molecule has 2 nitrogen and oxygen atoms in total. The van der Waals surface area contributed by atoms with Gasteiger partial charge in [0.1, 0.15) is 0 Å². The topological polar surface area (TPSA) is 34.1 Å². The van der Waals surface area contributed by atoms with Gasteiger partial charge in [0.05, 0.1) is 6.42 Å². The van der Waals surface area contributed by atoms with E-state index in [1.54, 1.807) is 6.07 Å². The molecule has 0 bridgehead atoms. The van der Waals surface area contributed by atoms with Gasteiger partial charge in [-0.15, -0.1) is 0 Å². The summed E-state index contributed by atoms with van der Waals surface area (Å²) in [4.78, 5) is 23.1. The summed E-state index contributed by atoms with van der Waals surface area (Å²) in [5.41, 5.74) is 3.17. The zero-order chi connectivity index (χ0) is 11.8. The lowest BCUT2D eigenvalue weighted by Gasteiger charge is -2.03. The van der Waals surface area contributed by atoms with Gasteiger partial charge in [-0.3, -0.25) is 9.59 Å². The molecule has 0 heterocycles. The van der Waals surface area contributed by atoms with Gasteiger partial charge in [-0.25, -0.2) is 0 Å². The molecule has 3 rings (SSSR count). The number of benzene rings is 2. The Morgan fingerprint density at radius 3 is 2.18 bits per heavy atom. The van der Waals surface area contributed by atoms with E-state index in [4.69, 9.17) is 0 Å². The Balaban J connectivity index is 2.15. The molecular weight excluding hydrogens is 212 g/mol. The highest BCUT2D eigenvalue weighted by Crippen LogP contribution is 2.27. The van der Waals surface area contributed by atoms with Crippen molar-refractivity contribution in [2.24, 2.45) is 0 Å². The fourth-order valence-corrected chi connectivity index (χ4v) is 2.16. The molecule has 0 saturated carbocycles. The number of hydrogen-bond acceptors (Lipinski definition) is 2. The summed E-state index contributed by atoms with van der Waals surface area (Å²) >= 11 is 0. The van der Waals surface area contributed by atoms with Crippen LogP contribution in [-0.4, -0.2) is 11.6 Å². The molecule has 0 fully saturated rings. The van der Waals surface area contributed by atoms with Crippen LogP contribution in [0.1, 0.15) is 27.1 Å². The third kappa shape index (κ3) is 1.58. The van der Waals surface area contributed by atoms with Crippen molar-refractivity contribution in [2.75, 3.05) is 0 Å².